The van der Waals surface area contributed by atoms with Crippen molar-refractivity contribution in [1.29, 1.82) is 0 Å². The fourth-order valence-corrected chi connectivity index (χ4v) is 4.77. The van der Waals surface area contributed by atoms with Crippen LogP contribution in [0, 0.1) is 6.92 Å². The van der Waals surface area contributed by atoms with Crippen LogP contribution in [-0.2, 0) is 22.3 Å². The number of phenolic OH excluding ortho intramolecular Hbond substituents is 1. The zero-order valence-corrected chi connectivity index (χ0v) is 22.1. The molecule has 206 valence electrons. The number of benzene rings is 3. The van der Waals surface area contributed by atoms with E-state index in [0.717, 1.165) is 11.1 Å². The van der Waals surface area contributed by atoms with Crippen LogP contribution in [0.3, 0.4) is 0 Å². The van der Waals surface area contributed by atoms with Crippen molar-refractivity contribution in [3.63, 3.8) is 0 Å². The molecule has 1 fully saturated rings. The molecule has 1 aliphatic heterocycles. The monoisotopic (exact) mass is 532 g/mol. The van der Waals surface area contributed by atoms with Crippen molar-refractivity contribution in [3.05, 3.63) is 101 Å². The van der Waals surface area contributed by atoms with Crippen molar-refractivity contribution in [2.45, 2.75) is 56.9 Å². The highest BCUT2D eigenvalue weighted by atomic mass is 16.6. The van der Waals surface area contributed by atoms with Crippen LogP contribution in [0.2, 0.25) is 0 Å². The average Bonchev–Trinajstić information content (AvgIpc) is 3.43. The Hall–Kier alpha value is -3.88. The summed E-state index contributed by atoms with van der Waals surface area (Å²) < 4.78 is 10.8. The molecule has 0 unspecified atom stereocenters. The van der Waals surface area contributed by atoms with Crippen LogP contribution in [0.4, 0.5) is 4.79 Å². The first-order valence-corrected chi connectivity index (χ1v) is 13.3. The number of phenols is 1. The van der Waals surface area contributed by atoms with Gasteiger partial charge in [0, 0.05) is 23.6 Å². The first kappa shape index (κ1) is 28.1. The second kappa shape index (κ2) is 13.8. The highest BCUT2D eigenvalue weighted by Gasteiger charge is 2.28. The van der Waals surface area contributed by atoms with E-state index in [-0.39, 0.29) is 18.3 Å². The normalized spacial score (nSPS) is 17.1. The van der Waals surface area contributed by atoms with Crippen LogP contribution in [-0.4, -0.2) is 59.7 Å². The number of aliphatic hydroxyl groups excluding tert-OH is 1. The van der Waals surface area contributed by atoms with Crippen molar-refractivity contribution >= 4 is 12.0 Å². The Morgan fingerprint density at radius 2 is 1.62 bits per heavy atom. The Morgan fingerprint density at radius 1 is 0.949 bits per heavy atom. The lowest BCUT2D eigenvalue weighted by Gasteiger charge is -2.29. The predicted molar refractivity (Wildman–Crippen MR) is 148 cm³/mol. The molecule has 0 aromatic heterocycles. The zero-order chi connectivity index (χ0) is 27.6. The van der Waals surface area contributed by atoms with Gasteiger partial charge in [-0.3, -0.25) is 4.79 Å². The van der Waals surface area contributed by atoms with E-state index in [1.807, 2.05) is 60.7 Å². The van der Waals surface area contributed by atoms with E-state index in [4.69, 9.17) is 9.47 Å². The fraction of sp³-hybridized carbons (Fsp3) is 0.355. The third-order valence-corrected chi connectivity index (χ3v) is 6.96. The molecule has 1 saturated heterocycles. The van der Waals surface area contributed by atoms with Crippen LogP contribution >= 0.6 is 0 Å². The van der Waals surface area contributed by atoms with Crippen molar-refractivity contribution in [3.8, 4) is 5.75 Å². The zero-order valence-electron chi connectivity index (χ0n) is 22.1. The Morgan fingerprint density at radius 3 is 2.26 bits per heavy atom. The van der Waals surface area contributed by atoms with Crippen molar-refractivity contribution in [2.24, 2.45) is 0 Å². The summed E-state index contributed by atoms with van der Waals surface area (Å²) in [7, 11) is 0. The SMILES string of the molecule is Cc1c(O)cccc1C(=O)N[C@@H](Cc1ccccc1)[C@@H](O)C[C@H](Cc1ccccc1)NC(=O)O[C@@H]1CCOC1. The lowest BCUT2D eigenvalue weighted by molar-refractivity contribution is 0.0696. The Kier molecular flexibility index (Phi) is 9.94. The van der Waals surface area contributed by atoms with E-state index in [9.17, 15) is 19.8 Å². The van der Waals surface area contributed by atoms with Crippen molar-refractivity contribution in [2.75, 3.05) is 13.2 Å². The van der Waals surface area contributed by atoms with Gasteiger partial charge in [-0.1, -0.05) is 66.7 Å². The Labute approximate surface area is 229 Å². The number of hydrogen-bond acceptors (Lipinski definition) is 6. The summed E-state index contributed by atoms with van der Waals surface area (Å²) in [6, 6.07) is 23.0. The topological polar surface area (TPSA) is 117 Å². The van der Waals surface area contributed by atoms with Gasteiger partial charge in [-0.2, -0.15) is 0 Å². The maximum absolute atomic E-state index is 13.2. The third kappa shape index (κ3) is 8.30. The van der Waals surface area contributed by atoms with Gasteiger partial charge in [0.1, 0.15) is 11.9 Å². The first-order chi connectivity index (χ1) is 18.9. The summed E-state index contributed by atoms with van der Waals surface area (Å²) in [6.45, 7) is 2.61. The van der Waals surface area contributed by atoms with Gasteiger partial charge in [0.05, 0.1) is 25.4 Å². The van der Waals surface area contributed by atoms with E-state index in [2.05, 4.69) is 10.6 Å². The van der Waals surface area contributed by atoms with E-state index in [0.29, 0.717) is 43.6 Å². The highest BCUT2D eigenvalue weighted by molar-refractivity contribution is 5.96. The summed E-state index contributed by atoms with van der Waals surface area (Å²) in [5, 5.41) is 27.4. The van der Waals surface area contributed by atoms with E-state index in [1.165, 1.54) is 6.07 Å². The van der Waals surface area contributed by atoms with E-state index in [1.54, 1.807) is 19.1 Å². The number of ether oxygens (including phenoxy) is 2. The third-order valence-electron chi connectivity index (χ3n) is 6.96. The molecule has 0 radical (unpaired) electrons. The molecule has 0 spiro atoms. The second-order valence-corrected chi connectivity index (χ2v) is 9.94. The Bertz CT molecular complexity index is 1210. The lowest BCUT2D eigenvalue weighted by Crippen LogP contribution is -2.49. The van der Waals surface area contributed by atoms with E-state index < -0.39 is 30.2 Å². The fourth-order valence-electron chi connectivity index (χ4n) is 4.77. The largest absolute Gasteiger partial charge is 0.508 e. The molecule has 8 heteroatoms. The summed E-state index contributed by atoms with van der Waals surface area (Å²) in [5.41, 5.74) is 2.74. The molecule has 0 saturated carbocycles. The molecule has 1 heterocycles. The maximum Gasteiger partial charge on any atom is 0.407 e. The molecule has 0 aliphatic carbocycles. The van der Waals surface area contributed by atoms with Gasteiger partial charge in [-0.05, 0) is 49.4 Å². The molecule has 2 amide bonds. The minimum Gasteiger partial charge on any atom is -0.508 e. The van der Waals surface area contributed by atoms with Gasteiger partial charge in [-0.25, -0.2) is 4.79 Å². The quantitative estimate of drug-likeness (QED) is 0.297. The molecule has 4 N–H and O–H groups in total. The molecule has 8 nitrogen and oxygen atoms in total. The van der Waals surface area contributed by atoms with Crippen LogP contribution in [0.5, 0.6) is 5.75 Å². The standard InChI is InChI=1S/C31H36N2O6/c1-21-26(13-8-14-28(21)34)30(36)33-27(18-23-11-6-3-7-12-23)29(35)19-24(17-22-9-4-2-5-10-22)32-31(37)39-25-15-16-38-20-25/h2-14,24-25,27,29,34-35H,15-20H2,1H3,(H,32,37)(H,33,36)/t24-,25+,27-,29-/m0/s1. The smallest absolute Gasteiger partial charge is 0.407 e. The number of carbonyl (C=O) groups is 2. The van der Waals surface area contributed by atoms with Crippen molar-refractivity contribution < 1.29 is 29.3 Å². The molecule has 0 bridgehead atoms. The van der Waals surface area contributed by atoms with Crippen LogP contribution in [0.25, 0.3) is 0 Å². The lowest BCUT2D eigenvalue weighted by atomic mass is 9.93. The van der Waals surface area contributed by atoms with Gasteiger partial charge >= 0.3 is 6.09 Å². The number of rotatable bonds is 11. The molecule has 1 aliphatic rings. The average molecular weight is 533 g/mol. The Balaban J connectivity index is 1.51. The summed E-state index contributed by atoms with van der Waals surface area (Å²) in [4.78, 5) is 25.9. The molecule has 39 heavy (non-hydrogen) atoms. The second-order valence-electron chi connectivity index (χ2n) is 9.94. The molecule has 4 rings (SSSR count). The number of hydrogen-bond donors (Lipinski definition) is 4. The van der Waals surface area contributed by atoms with Crippen LogP contribution in [0.1, 0.15) is 39.9 Å². The number of nitrogens with one attached hydrogen (secondary N) is 2. The van der Waals surface area contributed by atoms with Crippen LogP contribution < -0.4 is 10.6 Å². The number of aromatic hydroxyl groups is 1. The summed E-state index contributed by atoms with van der Waals surface area (Å²) >= 11 is 0. The van der Waals surface area contributed by atoms with Gasteiger partial charge in [0.15, 0.2) is 0 Å². The number of alkyl carbamates (subject to hydrolysis) is 1. The first-order valence-electron chi connectivity index (χ1n) is 13.3. The maximum atomic E-state index is 13.2. The molecule has 4 atom stereocenters. The minimum absolute atomic E-state index is 0.0288. The molecule has 3 aromatic rings. The van der Waals surface area contributed by atoms with Gasteiger partial charge in [0.25, 0.3) is 5.91 Å². The summed E-state index contributed by atoms with van der Waals surface area (Å²) in [6.07, 6.45) is -0.142. The van der Waals surface area contributed by atoms with Gasteiger partial charge < -0.3 is 30.3 Å². The van der Waals surface area contributed by atoms with Crippen molar-refractivity contribution in [1.82, 2.24) is 10.6 Å². The number of carbonyl (C=O) groups excluding carboxylic acids is 2. The predicted octanol–water partition coefficient (Wildman–Crippen LogP) is 3.92. The van der Waals surface area contributed by atoms with Gasteiger partial charge in [0.2, 0.25) is 0 Å². The number of amides is 2. The van der Waals surface area contributed by atoms with Gasteiger partial charge in [-0.15, -0.1) is 0 Å². The summed E-state index contributed by atoms with van der Waals surface area (Å²) in [5.74, 6) is -0.363. The molecule has 3 aromatic carbocycles. The van der Waals surface area contributed by atoms with E-state index >= 15 is 0 Å². The molecular weight excluding hydrogens is 496 g/mol. The number of aliphatic hydroxyl groups is 1. The minimum atomic E-state index is -0.990. The molecular formula is C31H36N2O6. The van der Waals surface area contributed by atoms with Crippen LogP contribution in [0.15, 0.2) is 78.9 Å². The highest BCUT2D eigenvalue weighted by Crippen LogP contribution is 2.21.